The van der Waals surface area contributed by atoms with Crippen molar-refractivity contribution in [3.8, 4) is 11.8 Å². The number of benzene rings is 1. The van der Waals surface area contributed by atoms with E-state index in [9.17, 15) is 4.39 Å². The van der Waals surface area contributed by atoms with E-state index < -0.39 is 0 Å². The molecule has 1 aliphatic heterocycles. The van der Waals surface area contributed by atoms with Crippen LogP contribution in [0.25, 0.3) is 0 Å². The zero-order valence-corrected chi connectivity index (χ0v) is 11.9. The van der Waals surface area contributed by atoms with Crippen LogP contribution >= 0.6 is 0 Å². The average Bonchev–Trinajstić information content (AvgIpc) is 2.38. The van der Waals surface area contributed by atoms with Gasteiger partial charge in [-0.2, -0.15) is 0 Å². The van der Waals surface area contributed by atoms with E-state index in [4.69, 9.17) is 9.84 Å². The van der Waals surface area contributed by atoms with Crippen LogP contribution in [0.2, 0.25) is 0 Å². The Labute approximate surface area is 119 Å². The number of hydrogen-bond acceptors (Lipinski definition) is 3. The summed E-state index contributed by atoms with van der Waals surface area (Å²) in [6.45, 7) is 6.91. The minimum absolute atomic E-state index is 0.0541. The van der Waals surface area contributed by atoms with Crippen LogP contribution in [0.15, 0.2) is 18.2 Å². The first-order chi connectivity index (χ1) is 9.51. The molecular weight excluding hydrogens is 257 g/mol. The third kappa shape index (κ3) is 3.80. The van der Waals surface area contributed by atoms with Crippen LogP contribution in [0.3, 0.4) is 0 Å². The van der Waals surface area contributed by atoms with Gasteiger partial charge in [-0.3, -0.25) is 4.90 Å². The molecule has 0 amide bonds. The number of halogens is 1. The molecule has 0 unspecified atom stereocenters. The molecule has 0 bridgehead atoms. The minimum atomic E-state index is -0.296. The molecule has 0 radical (unpaired) electrons. The summed E-state index contributed by atoms with van der Waals surface area (Å²) in [6, 6.07) is 4.80. The second-order valence-corrected chi connectivity index (χ2v) is 5.59. The SMILES string of the molecule is CC1(C)COCCN1Cc1cc(F)cc(C#CCO)c1. The minimum Gasteiger partial charge on any atom is -0.384 e. The molecular formula is C16H20FNO2. The van der Waals surface area contributed by atoms with Crippen molar-refractivity contribution in [2.45, 2.75) is 25.9 Å². The zero-order valence-electron chi connectivity index (χ0n) is 11.9. The predicted octanol–water partition coefficient (Wildman–Crippen LogP) is 1.78. The monoisotopic (exact) mass is 277 g/mol. The highest BCUT2D eigenvalue weighted by Crippen LogP contribution is 2.22. The van der Waals surface area contributed by atoms with Crippen LogP contribution < -0.4 is 0 Å². The maximum Gasteiger partial charge on any atom is 0.124 e. The Morgan fingerprint density at radius 2 is 2.20 bits per heavy atom. The van der Waals surface area contributed by atoms with Crippen molar-refractivity contribution in [2.75, 3.05) is 26.4 Å². The van der Waals surface area contributed by atoms with Crippen molar-refractivity contribution in [1.29, 1.82) is 0 Å². The lowest BCUT2D eigenvalue weighted by molar-refractivity contribution is -0.0553. The fraction of sp³-hybridized carbons (Fsp3) is 0.500. The summed E-state index contributed by atoms with van der Waals surface area (Å²) in [6.07, 6.45) is 0. The molecule has 4 heteroatoms. The van der Waals surface area contributed by atoms with E-state index in [0.717, 1.165) is 12.1 Å². The van der Waals surface area contributed by atoms with E-state index in [1.165, 1.54) is 12.1 Å². The molecule has 1 N–H and O–H groups in total. The molecule has 0 saturated carbocycles. The Hall–Kier alpha value is -1.41. The molecule has 0 spiro atoms. The van der Waals surface area contributed by atoms with Gasteiger partial charge < -0.3 is 9.84 Å². The summed E-state index contributed by atoms with van der Waals surface area (Å²) in [7, 11) is 0. The van der Waals surface area contributed by atoms with Crippen LogP contribution in [0, 0.1) is 17.7 Å². The maximum absolute atomic E-state index is 13.6. The van der Waals surface area contributed by atoms with Crippen molar-refractivity contribution >= 4 is 0 Å². The van der Waals surface area contributed by atoms with Crippen LogP contribution in [-0.4, -0.2) is 41.9 Å². The smallest absolute Gasteiger partial charge is 0.124 e. The quantitative estimate of drug-likeness (QED) is 0.836. The third-order valence-electron chi connectivity index (χ3n) is 3.46. The van der Waals surface area contributed by atoms with Gasteiger partial charge in [0, 0.05) is 24.2 Å². The molecule has 1 saturated heterocycles. The lowest BCUT2D eigenvalue weighted by atomic mass is 10.0. The van der Waals surface area contributed by atoms with Crippen molar-refractivity contribution < 1.29 is 14.2 Å². The van der Waals surface area contributed by atoms with Crippen LogP contribution in [0.5, 0.6) is 0 Å². The fourth-order valence-electron chi connectivity index (χ4n) is 2.36. The molecule has 1 fully saturated rings. The standard InChI is InChI=1S/C16H20FNO2/c1-16(2)12-20-7-5-18(16)11-14-8-13(4-3-6-19)9-15(17)10-14/h8-10,19H,5-7,11-12H2,1-2H3. The molecule has 0 aliphatic carbocycles. The second-order valence-electron chi connectivity index (χ2n) is 5.59. The highest BCUT2D eigenvalue weighted by atomic mass is 19.1. The van der Waals surface area contributed by atoms with Crippen LogP contribution in [0.4, 0.5) is 4.39 Å². The van der Waals surface area contributed by atoms with Gasteiger partial charge in [0.15, 0.2) is 0 Å². The first kappa shape index (κ1) is 15.0. The molecule has 2 rings (SSSR count). The largest absolute Gasteiger partial charge is 0.384 e. The van der Waals surface area contributed by atoms with E-state index in [-0.39, 0.29) is 18.0 Å². The first-order valence-electron chi connectivity index (χ1n) is 6.73. The van der Waals surface area contributed by atoms with Gasteiger partial charge in [-0.1, -0.05) is 11.8 Å². The Morgan fingerprint density at radius 3 is 2.90 bits per heavy atom. The summed E-state index contributed by atoms with van der Waals surface area (Å²) < 4.78 is 19.1. The Balaban J connectivity index is 2.18. The summed E-state index contributed by atoms with van der Waals surface area (Å²) in [5.41, 5.74) is 1.43. The molecule has 1 aliphatic rings. The lowest BCUT2D eigenvalue weighted by Gasteiger charge is -2.42. The average molecular weight is 277 g/mol. The summed E-state index contributed by atoms with van der Waals surface area (Å²) in [5, 5.41) is 8.71. The van der Waals surface area contributed by atoms with Crippen molar-refractivity contribution in [2.24, 2.45) is 0 Å². The van der Waals surface area contributed by atoms with Crippen molar-refractivity contribution in [1.82, 2.24) is 4.90 Å². The number of ether oxygens (including phenoxy) is 1. The molecule has 0 aromatic heterocycles. The molecule has 108 valence electrons. The van der Waals surface area contributed by atoms with Gasteiger partial charge in [0.1, 0.15) is 12.4 Å². The first-order valence-corrected chi connectivity index (χ1v) is 6.73. The van der Waals surface area contributed by atoms with Crippen molar-refractivity contribution in [3.05, 3.63) is 35.1 Å². The number of rotatable bonds is 2. The molecule has 1 heterocycles. The Morgan fingerprint density at radius 1 is 1.40 bits per heavy atom. The van der Waals surface area contributed by atoms with Gasteiger partial charge in [-0.05, 0) is 37.6 Å². The number of hydrogen-bond donors (Lipinski definition) is 1. The van der Waals surface area contributed by atoms with Crippen LogP contribution in [-0.2, 0) is 11.3 Å². The van der Waals surface area contributed by atoms with Gasteiger partial charge in [-0.25, -0.2) is 4.39 Å². The molecule has 20 heavy (non-hydrogen) atoms. The molecule has 3 nitrogen and oxygen atoms in total. The Bertz CT molecular complexity index is 531. The van der Waals surface area contributed by atoms with Gasteiger partial charge >= 0.3 is 0 Å². The number of nitrogens with zero attached hydrogens (tertiary/aromatic N) is 1. The summed E-state index contributed by atoms with van der Waals surface area (Å²) in [5.74, 6) is 5.00. The Kier molecular flexibility index (Phi) is 4.77. The highest BCUT2D eigenvalue weighted by Gasteiger charge is 2.30. The zero-order chi connectivity index (χ0) is 14.6. The van der Waals surface area contributed by atoms with Gasteiger partial charge in [0.2, 0.25) is 0 Å². The summed E-state index contributed by atoms with van der Waals surface area (Å²) in [4.78, 5) is 2.29. The fourth-order valence-corrected chi connectivity index (χ4v) is 2.36. The van der Waals surface area contributed by atoms with Gasteiger partial charge in [-0.15, -0.1) is 0 Å². The van der Waals surface area contributed by atoms with E-state index in [1.807, 2.05) is 6.07 Å². The van der Waals surface area contributed by atoms with Gasteiger partial charge in [0.25, 0.3) is 0 Å². The predicted molar refractivity (Wildman–Crippen MR) is 75.7 cm³/mol. The molecule has 1 aromatic carbocycles. The van der Waals surface area contributed by atoms with Crippen molar-refractivity contribution in [3.63, 3.8) is 0 Å². The third-order valence-corrected chi connectivity index (χ3v) is 3.46. The topological polar surface area (TPSA) is 32.7 Å². The number of morpholine rings is 1. The molecule has 0 atom stereocenters. The normalized spacial score (nSPS) is 18.4. The second kappa shape index (κ2) is 6.36. The number of aliphatic hydroxyl groups excluding tert-OH is 1. The maximum atomic E-state index is 13.6. The number of aliphatic hydroxyl groups is 1. The molecule has 1 aromatic rings. The van der Waals surface area contributed by atoms with E-state index in [1.54, 1.807) is 0 Å². The van der Waals surface area contributed by atoms with Gasteiger partial charge in [0.05, 0.1) is 13.2 Å². The lowest BCUT2D eigenvalue weighted by Crippen LogP contribution is -2.52. The van der Waals surface area contributed by atoms with E-state index in [0.29, 0.717) is 25.3 Å². The van der Waals surface area contributed by atoms with Crippen LogP contribution in [0.1, 0.15) is 25.0 Å². The van der Waals surface area contributed by atoms with E-state index in [2.05, 4.69) is 30.6 Å². The summed E-state index contributed by atoms with van der Waals surface area (Å²) >= 11 is 0. The highest BCUT2D eigenvalue weighted by molar-refractivity contribution is 5.37. The van der Waals surface area contributed by atoms with E-state index >= 15 is 0 Å².